The average Bonchev–Trinajstić information content (AvgIpc) is 2.60. The van der Waals surface area contributed by atoms with E-state index in [-0.39, 0.29) is 11.5 Å². The maximum Gasteiger partial charge on any atom is 0.433 e. The van der Waals surface area contributed by atoms with Crippen LogP contribution in [0.2, 0.25) is 0 Å². The Balaban J connectivity index is 1.98. The molecule has 0 aliphatic rings. The summed E-state index contributed by atoms with van der Waals surface area (Å²) >= 11 is 0. The van der Waals surface area contributed by atoms with Gasteiger partial charge in [-0.15, -0.1) is 0 Å². The van der Waals surface area contributed by atoms with E-state index in [1.54, 1.807) is 19.1 Å². The molecule has 0 amide bonds. The fraction of sp³-hybridized carbons (Fsp3) is 0.105. The van der Waals surface area contributed by atoms with E-state index in [2.05, 4.69) is 15.3 Å². The highest BCUT2D eigenvalue weighted by atomic mass is 19.4. The molecular weight excluding hydrogens is 378 g/mol. The number of aryl methyl sites for hydroxylation is 1. The van der Waals surface area contributed by atoms with Gasteiger partial charge < -0.3 is 10.4 Å². The van der Waals surface area contributed by atoms with Crippen molar-refractivity contribution < 1.29 is 27.5 Å². The number of nitrogens with one attached hydrogen (secondary N) is 1. The molecule has 0 bridgehead atoms. The molecule has 3 rings (SSSR count). The fourth-order valence-corrected chi connectivity index (χ4v) is 2.61. The number of halogens is 4. The van der Waals surface area contributed by atoms with Gasteiger partial charge in [0.25, 0.3) is 0 Å². The number of aromatic nitrogens is 2. The highest BCUT2D eigenvalue weighted by molar-refractivity contribution is 5.89. The summed E-state index contributed by atoms with van der Waals surface area (Å²) in [6.07, 6.45) is -3.62. The lowest BCUT2D eigenvalue weighted by Gasteiger charge is -2.11. The van der Waals surface area contributed by atoms with Crippen molar-refractivity contribution in [2.45, 2.75) is 13.1 Å². The lowest BCUT2D eigenvalue weighted by atomic mass is 10.00. The summed E-state index contributed by atoms with van der Waals surface area (Å²) in [5, 5.41) is 11.8. The molecule has 2 aromatic carbocycles. The van der Waals surface area contributed by atoms with E-state index >= 15 is 0 Å². The number of benzene rings is 2. The van der Waals surface area contributed by atoms with Gasteiger partial charge in [0, 0.05) is 11.9 Å². The minimum atomic E-state index is -4.61. The van der Waals surface area contributed by atoms with Crippen LogP contribution in [0.15, 0.2) is 48.7 Å². The highest BCUT2D eigenvalue weighted by Crippen LogP contribution is 2.30. The van der Waals surface area contributed by atoms with Crippen LogP contribution >= 0.6 is 0 Å². The number of carboxylic acids is 1. The van der Waals surface area contributed by atoms with Crippen LogP contribution in [-0.2, 0) is 6.18 Å². The van der Waals surface area contributed by atoms with Gasteiger partial charge in [-0.3, -0.25) is 0 Å². The molecule has 5 nitrogen and oxygen atoms in total. The van der Waals surface area contributed by atoms with Gasteiger partial charge in [0.05, 0.1) is 5.56 Å². The molecule has 0 aliphatic carbocycles. The molecule has 0 aliphatic heterocycles. The Labute approximate surface area is 156 Å². The van der Waals surface area contributed by atoms with E-state index in [9.17, 15) is 22.4 Å². The monoisotopic (exact) mass is 391 g/mol. The smallest absolute Gasteiger partial charge is 0.433 e. The van der Waals surface area contributed by atoms with Crippen LogP contribution in [0.5, 0.6) is 0 Å². The summed E-state index contributed by atoms with van der Waals surface area (Å²) in [4.78, 5) is 18.3. The summed E-state index contributed by atoms with van der Waals surface area (Å²) in [5.74, 6) is -2.24. The van der Waals surface area contributed by atoms with Gasteiger partial charge in [-0.2, -0.15) is 13.2 Å². The quantitative estimate of drug-likeness (QED) is 0.609. The molecule has 0 unspecified atom stereocenters. The van der Waals surface area contributed by atoms with Gasteiger partial charge >= 0.3 is 12.1 Å². The summed E-state index contributed by atoms with van der Waals surface area (Å²) < 4.78 is 52.2. The fourth-order valence-electron chi connectivity index (χ4n) is 2.61. The van der Waals surface area contributed by atoms with Crippen molar-refractivity contribution >= 4 is 17.6 Å². The van der Waals surface area contributed by atoms with Crippen LogP contribution in [0.1, 0.15) is 21.6 Å². The predicted molar refractivity (Wildman–Crippen MR) is 93.8 cm³/mol. The zero-order chi connectivity index (χ0) is 20.5. The lowest BCUT2D eigenvalue weighted by molar-refractivity contribution is -0.141. The van der Waals surface area contributed by atoms with Crippen molar-refractivity contribution in [2.24, 2.45) is 0 Å². The van der Waals surface area contributed by atoms with Crippen LogP contribution in [0.4, 0.5) is 29.2 Å². The number of anilines is 2. The van der Waals surface area contributed by atoms with Crippen LogP contribution in [0.25, 0.3) is 11.1 Å². The van der Waals surface area contributed by atoms with Gasteiger partial charge in [0.2, 0.25) is 5.95 Å². The maximum atomic E-state index is 13.8. The first-order chi connectivity index (χ1) is 13.1. The lowest BCUT2D eigenvalue weighted by Crippen LogP contribution is -2.10. The normalized spacial score (nSPS) is 11.3. The highest BCUT2D eigenvalue weighted by Gasteiger charge is 2.32. The molecule has 0 fully saturated rings. The van der Waals surface area contributed by atoms with Crippen molar-refractivity contribution in [2.75, 3.05) is 5.32 Å². The van der Waals surface area contributed by atoms with Crippen molar-refractivity contribution in [3.05, 3.63) is 71.3 Å². The third-order valence-electron chi connectivity index (χ3n) is 3.76. The number of alkyl halides is 3. The van der Waals surface area contributed by atoms with E-state index in [0.29, 0.717) is 22.4 Å². The number of hydrogen-bond acceptors (Lipinski definition) is 4. The van der Waals surface area contributed by atoms with E-state index in [1.165, 1.54) is 18.2 Å². The number of carbonyl (C=O) groups is 1. The van der Waals surface area contributed by atoms with Crippen LogP contribution in [0.3, 0.4) is 0 Å². The van der Waals surface area contributed by atoms with Crippen molar-refractivity contribution in [1.82, 2.24) is 9.97 Å². The summed E-state index contributed by atoms with van der Waals surface area (Å²) in [6, 6.07) is 9.01. The molecule has 144 valence electrons. The topological polar surface area (TPSA) is 75.1 Å². The number of rotatable bonds is 4. The third kappa shape index (κ3) is 4.43. The third-order valence-corrected chi connectivity index (χ3v) is 3.76. The Bertz CT molecular complexity index is 1050. The van der Waals surface area contributed by atoms with Crippen LogP contribution < -0.4 is 5.32 Å². The molecule has 0 radical (unpaired) electrons. The zero-order valence-electron chi connectivity index (χ0n) is 14.4. The van der Waals surface area contributed by atoms with E-state index in [0.717, 1.165) is 18.3 Å². The molecular formula is C19H13F4N3O2. The van der Waals surface area contributed by atoms with E-state index in [4.69, 9.17) is 5.11 Å². The second-order valence-corrected chi connectivity index (χ2v) is 6.01. The van der Waals surface area contributed by atoms with Crippen molar-refractivity contribution in [3.8, 4) is 11.1 Å². The predicted octanol–water partition coefficient (Wildman–Crippen LogP) is 5.05. The van der Waals surface area contributed by atoms with E-state index in [1.807, 2.05) is 0 Å². The molecule has 28 heavy (non-hydrogen) atoms. The summed E-state index contributed by atoms with van der Waals surface area (Å²) in [6.45, 7) is 1.74. The van der Waals surface area contributed by atoms with Gasteiger partial charge in [-0.1, -0.05) is 6.07 Å². The Morgan fingerprint density at radius 3 is 2.46 bits per heavy atom. The first kappa shape index (κ1) is 19.3. The Morgan fingerprint density at radius 2 is 1.79 bits per heavy atom. The molecule has 0 saturated carbocycles. The Kier molecular flexibility index (Phi) is 5.00. The summed E-state index contributed by atoms with van der Waals surface area (Å²) in [7, 11) is 0. The Hall–Kier alpha value is -3.49. The number of carboxylic acid groups (broad SMARTS) is 1. The standard InChI is InChI=1S/C19H13F4N3O2/c1-10-4-11(12-6-13(17(27)28)8-14(20)7-12)9-15(5-10)25-18-24-3-2-16(26-18)19(21,22)23/h2-9H,1H3,(H,27,28)(H,24,25,26). The summed E-state index contributed by atoms with van der Waals surface area (Å²) in [5.41, 5.74) is 0.579. The number of hydrogen-bond donors (Lipinski definition) is 2. The zero-order valence-corrected chi connectivity index (χ0v) is 14.4. The van der Waals surface area contributed by atoms with Gasteiger partial charge in [-0.25, -0.2) is 19.2 Å². The van der Waals surface area contributed by atoms with Gasteiger partial charge in [0.1, 0.15) is 11.5 Å². The second-order valence-electron chi connectivity index (χ2n) is 6.01. The SMILES string of the molecule is Cc1cc(Nc2nccc(C(F)(F)F)n2)cc(-c2cc(F)cc(C(=O)O)c2)c1. The van der Waals surface area contributed by atoms with Crippen molar-refractivity contribution in [1.29, 1.82) is 0 Å². The average molecular weight is 391 g/mol. The van der Waals surface area contributed by atoms with Crippen LogP contribution in [0, 0.1) is 12.7 Å². The number of nitrogens with zero attached hydrogens (tertiary/aromatic N) is 2. The minimum absolute atomic E-state index is 0.216. The first-order valence-corrected chi connectivity index (χ1v) is 7.95. The first-order valence-electron chi connectivity index (χ1n) is 7.95. The van der Waals surface area contributed by atoms with Gasteiger partial charge in [-0.05, 0) is 60.0 Å². The van der Waals surface area contributed by atoms with Crippen molar-refractivity contribution in [3.63, 3.8) is 0 Å². The van der Waals surface area contributed by atoms with E-state index < -0.39 is 23.7 Å². The molecule has 1 heterocycles. The molecule has 1 aromatic heterocycles. The maximum absolute atomic E-state index is 13.8. The largest absolute Gasteiger partial charge is 0.478 e. The molecule has 3 aromatic rings. The molecule has 0 spiro atoms. The van der Waals surface area contributed by atoms with Gasteiger partial charge in [0.15, 0.2) is 0 Å². The van der Waals surface area contributed by atoms with Crippen LogP contribution in [-0.4, -0.2) is 21.0 Å². The molecule has 0 atom stereocenters. The molecule has 2 N–H and O–H groups in total. The Morgan fingerprint density at radius 1 is 1.07 bits per heavy atom. The molecule has 0 saturated heterocycles. The molecule has 9 heteroatoms. The minimum Gasteiger partial charge on any atom is -0.478 e. The second kappa shape index (κ2) is 7.26. The number of aromatic carboxylic acids is 1.